The summed E-state index contributed by atoms with van der Waals surface area (Å²) in [5, 5.41) is 17.2. The highest BCUT2D eigenvalue weighted by molar-refractivity contribution is 6.33. The van der Waals surface area contributed by atoms with Crippen molar-refractivity contribution in [3.8, 4) is 11.5 Å². The Morgan fingerprint density at radius 1 is 1.23 bits per heavy atom. The zero-order valence-corrected chi connectivity index (χ0v) is 7.30. The summed E-state index contributed by atoms with van der Waals surface area (Å²) in [6.45, 7) is 2.34. The molecule has 5 heteroatoms. The largest absolute Gasteiger partial charge is 0.707 e. The highest BCUT2D eigenvalue weighted by Gasteiger charge is 2.14. The molecule has 0 spiro atoms. The van der Waals surface area contributed by atoms with Crippen LogP contribution in [-0.2, 0) is 0 Å². The summed E-state index contributed by atoms with van der Waals surface area (Å²) < 4.78 is 9.87. The van der Waals surface area contributed by atoms with Crippen molar-refractivity contribution in [1.29, 1.82) is 0 Å². The van der Waals surface area contributed by atoms with Crippen LogP contribution >= 0.6 is 0 Å². The monoisotopic (exact) mass is 182 g/mol. The highest BCUT2D eigenvalue weighted by atomic mass is 16.6. The van der Waals surface area contributed by atoms with Crippen molar-refractivity contribution < 1.29 is 19.4 Å². The number of para-hydroxylation sites is 2. The fraction of sp³-hybridized carbons (Fsp3) is 0.250. The molecule has 0 aliphatic heterocycles. The van der Waals surface area contributed by atoms with Gasteiger partial charge in [0.25, 0.3) is 0 Å². The minimum absolute atomic E-state index is 0.319. The lowest BCUT2D eigenvalue weighted by molar-refractivity contribution is 0.271. The summed E-state index contributed by atoms with van der Waals surface area (Å²) >= 11 is 0. The van der Waals surface area contributed by atoms with Crippen LogP contribution in [0.1, 0.15) is 6.92 Å². The smallest absolute Gasteiger partial charge is 0.509 e. The van der Waals surface area contributed by atoms with Crippen molar-refractivity contribution in [2.24, 2.45) is 0 Å². The summed E-state index contributed by atoms with van der Waals surface area (Å²) in [4.78, 5) is 0. The molecule has 0 aromatic heterocycles. The first-order valence-corrected chi connectivity index (χ1v) is 3.98. The van der Waals surface area contributed by atoms with E-state index >= 15 is 0 Å². The van der Waals surface area contributed by atoms with E-state index in [4.69, 9.17) is 14.8 Å². The molecule has 1 aromatic carbocycles. The zero-order valence-electron chi connectivity index (χ0n) is 7.30. The van der Waals surface area contributed by atoms with E-state index < -0.39 is 7.32 Å². The SMILES string of the molecule is CCOc1ccccc1OB(O)O. The topological polar surface area (TPSA) is 58.9 Å². The first kappa shape index (κ1) is 9.89. The highest BCUT2D eigenvalue weighted by Crippen LogP contribution is 2.26. The summed E-state index contributed by atoms with van der Waals surface area (Å²) in [6, 6.07) is 6.80. The quantitative estimate of drug-likeness (QED) is 0.663. The Morgan fingerprint density at radius 2 is 1.85 bits per heavy atom. The van der Waals surface area contributed by atoms with Gasteiger partial charge in [-0.15, -0.1) is 0 Å². The number of hydrogen-bond donors (Lipinski definition) is 2. The van der Waals surface area contributed by atoms with Gasteiger partial charge in [-0.25, -0.2) is 0 Å². The molecule has 0 atom stereocenters. The molecule has 13 heavy (non-hydrogen) atoms. The van der Waals surface area contributed by atoms with Gasteiger partial charge >= 0.3 is 7.32 Å². The summed E-state index contributed by atoms with van der Waals surface area (Å²) in [5.74, 6) is 0.817. The molecule has 0 aliphatic carbocycles. The standard InChI is InChI=1S/C8H11BO4/c1-2-12-7-5-3-4-6-8(7)13-9(10)11/h3-6,10-11H,2H2,1H3. The van der Waals surface area contributed by atoms with Crippen molar-refractivity contribution in [2.75, 3.05) is 6.61 Å². The average molecular weight is 182 g/mol. The van der Waals surface area contributed by atoms with Crippen LogP contribution in [0.25, 0.3) is 0 Å². The second kappa shape index (κ2) is 4.74. The third kappa shape index (κ3) is 2.97. The van der Waals surface area contributed by atoms with Crippen LogP contribution in [-0.4, -0.2) is 24.0 Å². The lowest BCUT2D eigenvalue weighted by Crippen LogP contribution is -2.20. The zero-order chi connectivity index (χ0) is 9.68. The van der Waals surface area contributed by atoms with Gasteiger partial charge in [0.05, 0.1) is 6.61 Å². The third-order valence-electron chi connectivity index (χ3n) is 1.38. The summed E-state index contributed by atoms with van der Waals surface area (Å²) in [5.41, 5.74) is 0. The Labute approximate surface area is 76.9 Å². The van der Waals surface area contributed by atoms with Crippen LogP contribution in [0, 0.1) is 0 Å². The summed E-state index contributed by atoms with van der Waals surface area (Å²) in [6.07, 6.45) is 0. The van der Waals surface area contributed by atoms with Crippen molar-refractivity contribution in [3.05, 3.63) is 24.3 Å². The predicted octanol–water partition coefficient (Wildman–Crippen LogP) is 0.434. The molecule has 0 heterocycles. The van der Waals surface area contributed by atoms with E-state index in [0.717, 1.165) is 0 Å². The first-order chi connectivity index (χ1) is 6.24. The van der Waals surface area contributed by atoms with E-state index in [1.165, 1.54) is 0 Å². The Bertz CT molecular complexity index is 264. The van der Waals surface area contributed by atoms with E-state index in [1.54, 1.807) is 24.3 Å². The normalized spacial score (nSPS) is 9.46. The van der Waals surface area contributed by atoms with Crippen LogP contribution in [0.5, 0.6) is 11.5 Å². The van der Waals surface area contributed by atoms with Gasteiger partial charge in [-0.1, -0.05) is 12.1 Å². The first-order valence-electron chi connectivity index (χ1n) is 3.98. The molecular weight excluding hydrogens is 171 g/mol. The van der Waals surface area contributed by atoms with Gasteiger partial charge in [-0.2, -0.15) is 0 Å². The van der Waals surface area contributed by atoms with Crippen molar-refractivity contribution >= 4 is 7.32 Å². The molecule has 0 saturated heterocycles. The molecule has 0 radical (unpaired) electrons. The maximum Gasteiger partial charge on any atom is 0.707 e. The summed E-state index contributed by atoms with van der Waals surface area (Å²) in [7, 11) is -1.82. The maximum atomic E-state index is 8.58. The Hall–Kier alpha value is -1.20. The van der Waals surface area contributed by atoms with Crippen LogP contribution in [0.4, 0.5) is 0 Å². The van der Waals surface area contributed by atoms with Crippen LogP contribution in [0.2, 0.25) is 0 Å². The molecule has 4 nitrogen and oxygen atoms in total. The van der Waals surface area contributed by atoms with E-state index in [0.29, 0.717) is 18.1 Å². The van der Waals surface area contributed by atoms with Crippen LogP contribution in [0.15, 0.2) is 24.3 Å². The number of rotatable bonds is 4. The van der Waals surface area contributed by atoms with E-state index in [1.807, 2.05) is 6.92 Å². The molecule has 2 N–H and O–H groups in total. The van der Waals surface area contributed by atoms with Gasteiger partial charge < -0.3 is 19.4 Å². The molecular formula is C8H11BO4. The number of benzene rings is 1. The van der Waals surface area contributed by atoms with Crippen molar-refractivity contribution in [1.82, 2.24) is 0 Å². The van der Waals surface area contributed by atoms with Gasteiger partial charge in [0, 0.05) is 0 Å². The molecule has 0 amide bonds. The van der Waals surface area contributed by atoms with Gasteiger partial charge in [0.15, 0.2) is 5.75 Å². The Balaban J connectivity index is 2.78. The van der Waals surface area contributed by atoms with E-state index in [-0.39, 0.29) is 0 Å². The second-order valence-electron chi connectivity index (χ2n) is 2.32. The molecule has 0 aliphatic rings. The fourth-order valence-corrected chi connectivity index (χ4v) is 0.936. The Kier molecular flexibility index (Phi) is 3.61. The average Bonchev–Trinajstić information content (AvgIpc) is 2.08. The lowest BCUT2D eigenvalue weighted by atomic mass is 10.2. The second-order valence-corrected chi connectivity index (χ2v) is 2.32. The van der Waals surface area contributed by atoms with Gasteiger partial charge in [0.1, 0.15) is 5.75 Å². The number of ether oxygens (including phenoxy) is 1. The minimum atomic E-state index is -1.82. The number of hydrogen-bond acceptors (Lipinski definition) is 4. The van der Waals surface area contributed by atoms with E-state index in [9.17, 15) is 0 Å². The van der Waals surface area contributed by atoms with Crippen molar-refractivity contribution in [2.45, 2.75) is 6.92 Å². The molecule has 0 saturated carbocycles. The molecule has 0 unspecified atom stereocenters. The van der Waals surface area contributed by atoms with Crippen LogP contribution < -0.4 is 9.39 Å². The fourth-order valence-electron chi connectivity index (χ4n) is 0.936. The Morgan fingerprint density at radius 3 is 2.38 bits per heavy atom. The lowest BCUT2D eigenvalue weighted by Gasteiger charge is -2.10. The minimum Gasteiger partial charge on any atom is -0.509 e. The van der Waals surface area contributed by atoms with Gasteiger partial charge in [0.2, 0.25) is 0 Å². The van der Waals surface area contributed by atoms with E-state index in [2.05, 4.69) is 4.65 Å². The molecule has 0 fully saturated rings. The molecule has 1 aromatic rings. The maximum absolute atomic E-state index is 8.58. The molecule has 1 rings (SSSR count). The molecule has 0 bridgehead atoms. The van der Waals surface area contributed by atoms with Gasteiger partial charge in [-0.3, -0.25) is 0 Å². The van der Waals surface area contributed by atoms with Crippen LogP contribution in [0.3, 0.4) is 0 Å². The molecule has 70 valence electrons. The van der Waals surface area contributed by atoms with Crippen molar-refractivity contribution in [3.63, 3.8) is 0 Å². The van der Waals surface area contributed by atoms with Gasteiger partial charge in [-0.05, 0) is 19.1 Å². The predicted molar refractivity (Wildman–Crippen MR) is 48.4 cm³/mol. The third-order valence-corrected chi connectivity index (χ3v) is 1.38.